The Morgan fingerprint density at radius 1 is 0.889 bits per heavy atom. The number of hydrogen-bond acceptors (Lipinski definition) is 1. The summed E-state index contributed by atoms with van der Waals surface area (Å²) in [5, 5.41) is 0.318. The van der Waals surface area contributed by atoms with Crippen molar-refractivity contribution >= 4 is 8.32 Å². The highest BCUT2D eigenvalue weighted by molar-refractivity contribution is 6.74. The van der Waals surface area contributed by atoms with E-state index in [0.29, 0.717) is 22.0 Å². The summed E-state index contributed by atoms with van der Waals surface area (Å²) in [6, 6.07) is 0. The highest BCUT2D eigenvalue weighted by Crippen LogP contribution is 2.66. The van der Waals surface area contributed by atoms with Crippen molar-refractivity contribution in [1.29, 1.82) is 0 Å². The van der Waals surface area contributed by atoms with Crippen LogP contribution >= 0.6 is 0 Å². The molecule has 0 amide bonds. The molecule has 0 bridgehead atoms. The molecule has 4 rings (SSSR count). The average Bonchev–Trinajstić information content (AvgIpc) is 2.89. The summed E-state index contributed by atoms with van der Waals surface area (Å²) >= 11 is 0. The normalized spacial score (nSPS) is 47.3. The maximum atomic E-state index is 7.07. The lowest BCUT2D eigenvalue weighted by Gasteiger charge is -2.59. The zero-order valence-corrected chi connectivity index (χ0v) is 20.1. The fourth-order valence-corrected chi connectivity index (χ4v) is 8.96. The van der Waals surface area contributed by atoms with Crippen LogP contribution in [0.4, 0.5) is 0 Å². The molecule has 27 heavy (non-hydrogen) atoms. The first-order valence-electron chi connectivity index (χ1n) is 11.8. The smallest absolute Gasteiger partial charge is 0.192 e. The number of fused-ring (bicyclic) bond motifs is 5. The van der Waals surface area contributed by atoms with Gasteiger partial charge in [0, 0.05) is 0 Å². The lowest BCUT2D eigenvalue weighted by atomic mass is 9.46. The van der Waals surface area contributed by atoms with Crippen LogP contribution in [0.2, 0.25) is 18.1 Å². The molecule has 4 aliphatic rings. The van der Waals surface area contributed by atoms with E-state index in [9.17, 15) is 0 Å². The third-order valence-electron chi connectivity index (χ3n) is 10.3. The van der Waals surface area contributed by atoms with Gasteiger partial charge < -0.3 is 4.43 Å². The summed E-state index contributed by atoms with van der Waals surface area (Å²) < 4.78 is 7.07. The van der Waals surface area contributed by atoms with Crippen molar-refractivity contribution in [2.24, 2.45) is 34.5 Å². The molecule has 0 spiro atoms. The van der Waals surface area contributed by atoms with Gasteiger partial charge in [-0.2, -0.15) is 0 Å². The summed E-state index contributed by atoms with van der Waals surface area (Å²) in [6.07, 6.45) is 16.8. The maximum Gasteiger partial charge on any atom is 0.192 e. The highest BCUT2D eigenvalue weighted by atomic mass is 28.4. The molecule has 0 aliphatic heterocycles. The van der Waals surface area contributed by atoms with Gasteiger partial charge in [-0.25, -0.2) is 0 Å². The molecule has 0 aromatic rings. The molecule has 154 valence electrons. The zero-order chi connectivity index (χ0) is 19.7. The fraction of sp³-hybridized carbons (Fsp3) is 0.920. The van der Waals surface area contributed by atoms with Gasteiger partial charge in [-0.15, -0.1) is 0 Å². The predicted octanol–water partition coefficient (Wildman–Crippen LogP) is 7.59. The monoisotopic (exact) mass is 388 g/mol. The topological polar surface area (TPSA) is 9.23 Å². The largest absolute Gasteiger partial charge is 0.413 e. The molecular weight excluding hydrogens is 344 g/mol. The molecule has 0 radical (unpaired) electrons. The van der Waals surface area contributed by atoms with Gasteiger partial charge in [0.25, 0.3) is 0 Å². The van der Waals surface area contributed by atoms with Gasteiger partial charge in [0.1, 0.15) is 0 Å². The van der Waals surface area contributed by atoms with E-state index in [2.05, 4.69) is 59.9 Å². The molecule has 7 atom stereocenters. The Morgan fingerprint density at radius 3 is 2.30 bits per heavy atom. The molecule has 0 aromatic heterocycles. The molecule has 3 fully saturated rings. The minimum Gasteiger partial charge on any atom is -0.413 e. The molecule has 0 unspecified atom stereocenters. The molecule has 3 saturated carbocycles. The lowest BCUT2D eigenvalue weighted by Crippen LogP contribution is -2.54. The number of allylic oxidation sites excluding steroid dienone is 2. The van der Waals surface area contributed by atoms with E-state index in [0.717, 1.165) is 23.7 Å². The van der Waals surface area contributed by atoms with Crippen LogP contribution in [0.5, 0.6) is 0 Å². The first-order chi connectivity index (χ1) is 12.5. The molecule has 0 saturated heterocycles. The Hall–Kier alpha value is -0.0831. The summed E-state index contributed by atoms with van der Waals surface area (Å²) in [5.41, 5.74) is 1.02. The molecule has 2 heteroatoms. The van der Waals surface area contributed by atoms with Crippen molar-refractivity contribution in [3.8, 4) is 0 Å². The van der Waals surface area contributed by atoms with Crippen LogP contribution in [0, 0.1) is 34.5 Å². The molecule has 0 heterocycles. The van der Waals surface area contributed by atoms with Crippen LogP contribution in [0.25, 0.3) is 0 Å². The average molecular weight is 389 g/mol. The van der Waals surface area contributed by atoms with Gasteiger partial charge in [0.15, 0.2) is 8.32 Å². The molecule has 1 nitrogen and oxygen atoms in total. The second-order valence-electron chi connectivity index (χ2n) is 12.5. The summed E-state index contributed by atoms with van der Waals surface area (Å²) in [6.45, 7) is 17.4. The van der Waals surface area contributed by atoms with Crippen molar-refractivity contribution in [1.82, 2.24) is 0 Å². The van der Waals surface area contributed by atoms with Crippen LogP contribution in [-0.2, 0) is 4.43 Å². The number of hydrogen-bond donors (Lipinski definition) is 0. The minimum absolute atomic E-state index is 0.318. The van der Waals surface area contributed by atoms with Gasteiger partial charge >= 0.3 is 0 Å². The molecule has 4 aliphatic carbocycles. The second-order valence-corrected chi connectivity index (χ2v) is 17.3. The Bertz CT molecular complexity index is 602. The van der Waals surface area contributed by atoms with E-state index in [1.807, 2.05) is 0 Å². The second kappa shape index (κ2) is 6.46. The minimum atomic E-state index is -1.69. The van der Waals surface area contributed by atoms with Crippen molar-refractivity contribution in [3.05, 3.63) is 12.2 Å². The molecular formula is C25H44OSi. The lowest BCUT2D eigenvalue weighted by molar-refractivity contribution is -0.102. The maximum absolute atomic E-state index is 7.07. The van der Waals surface area contributed by atoms with Crippen LogP contribution in [0.15, 0.2) is 12.2 Å². The SMILES string of the molecule is CC(C)(C)[Si](C)(C)O[C@H]1CC[C@H]2[C@@H]3CC[C@H]4C=CCC[C@]4(C)[C@H]3CC[C@]12C. The van der Waals surface area contributed by atoms with Gasteiger partial charge in [-0.05, 0) is 104 Å². The van der Waals surface area contributed by atoms with E-state index in [4.69, 9.17) is 4.43 Å². The molecule has 0 aromatic carbocycles. The van der Waals surface area contributed by atoms with Crippen LogP contribution in [0.1, 0.15) is 86.0 Å². The fourth-order valence-electron chi connectivity index (χ4n) is 7.51. The summed E-state index contributed by atoms with van der Waals surface area (Å²) in [7, 11) is -1.69. The van der Waals surface area contributed by atoms with Crippen molar-refractivity contribution in [2.75, 3.05) is 0 Å². The Morgan fingerprint density at radius 2 is 1.59 bits per heavy atom. The Labute approximate surface area is 169 Å². The van der Waals surface area contributed by atoms with E-state index in [1.54, 1.807) is 0 Å². The van der Waals surface area contributed by atoms with Crippen molar-refractivity contribution in [2.45, 2.75) is 110 Å². The third-order valence-corrected chi connectivity index (χ3v) is 14.8. The predicted molar refractivity (Wildman–Crippen MR) is 118 cm³/mol. The Balaban J connectivity index is 1.56. The highest BCUT2D eigenvalue weighted by Gasteiger charge is 2.60. The van der Waals surface area contributed by atoms with Crippen molar-refractivity contribution in [3.63, 3.8) is 0 Å². The van der Waals surface area contributed by atoms with E-state index < -0.39 is 8.32 Å². The van der Waals surface area contributed by atoms with E-state index >= 15 is 0 Å². The quantitative estimate of drug-likeness (QED) is 0.350. The van der Waals surface area contributed by atoms with Crippen LogP contribution < -0.4 is 0 Å². The van der Waals surface area contributed by atoms with Crippen LogP contribution in [0.3, 0.4) is 0 Å². The first-order valence-corrected chi connectivity index (χ1v) is 14.7. The zero-order valence-electron chi connectivity index (χ0n) is 19.1. The van der Waals surface area contributed by atoms with E-state index in [1.165, 1.54) is 51.4 Å². The number of rotatable bonds is 2. The van der Waals surface area contributed by atoms with Gasteiger partial charge in [-0.1, -0.05) is 46.8 Å². The third kappa shape index (κ3) is 3.03. The van der Waals surface area contributed by atoms with E-state index in [-0.39, 0.29) is 0 Å². The standard InChI is InChI=1S/C25H44OSi/c1-23(2,3)27(6,7)26-22-14-13-20-19-12-11-18-10-8-9-16-24(18,4)21(19)15-17-25(20,22)5/h8,10,18-22H,9,11-17H2,1-7H3/t18-,19+,20+,21+,22+,24+,25+/m1/s1. The van der Waals surface area contributed by atoms with Gasteiger partial charge in [0.2, 0.25) is 0 Å². The summed E-state index contributed by atoms with van der Waals surface area (Å²) in [5.74, 6) is 3.70. The van der Waals surface area contributed by atoms with Crippen LogP contribution in [-0.4, -0.2) is 14.4 Å². The molecule has 0 N–H and O–H groups in total. The Kier molecular flexibility index (Phi) is 4.83. The van der Waals surface area contributed by atoms with Gasteiger partial charge in [0.05, 0.1) is 6.10 Å². The van der Waals surface area contributed by atoms with Gasteiger partial charge in [-0.3, -0.25) is 0 Å². The van der Waals surface area contributed by atoms with Crippen molar-refractivity contribution < 1.29 is 4.43 Å². The first kappa shape index (κ1) is 20.2. The summed E-state index contributed by atoms with van der Waals surface area (Å²) in [4.78, 5) is 0.